The van der Waals surface area contributed by atoms with E-state index in [1.165, 1.54) is 9.13 Å². The molecule has 162 valence electrons. The molecule has 31 heavy (non-hydrogen) atoms. The van der Waals surface area contributed by atoms with Crippen LogP contribution < -0.4 is 11.2 Å². The molecule has 0 saturated carbocycles. The molecule has 0 aliphatic rings. The van der Waals surface area contributed by atoms with E-state index in [1.807, 2.05) is 36.6 Å². The van der Waals surface area contributed by atoms with E-state index in [1.54, 1.807) is 23.9 Å². The number of imidazole rings is 1. The van der Waals surface area contributed by atoms with E-state index in [9.17, 15) is 9.59 Å². The number of hydrogen-bond acceptors (Lipinski definition) is 4. The smallest absolute Gasteiger partial charge is 0.302 e. The molecule has 3 aromatic heterocycles. The number of aromatic nitrogens is 6. The van der Waals surface area contributed by atoms with Crippen molar-refractivity contribution in [1.82, 2.24) is 28.5 Å². The molecule has 8 nitrogen and oxygen atoms in total. The van der Waals surface area contributed by atoms with Crippen LogP contribution in [0.15, 0.2) is 39.9 Å². The van der Waals surface area contributed by atoms with Crippen LogP contribution in [0.1, 0.15) is 30.8 Å². The van der Waals surface area contributed by atoms with Crippen molar-refractivity contribution < 1.29 is 0 Å². The van der Waals surface area contributed by atoms with Crippen LogP contribution in [0.25, 0.3) is 17.1 Å². The lowest BCUT2D eigenvalue weighted by Gasteiger charge is -2.13. The maximum Gasteiger partial charge on any atom is 0.332 e. The summed E-state index contributed by atoms with van der Waals surface area (Å²) in [7, 11) is 1.64. The minimum absolute atomic E-state index is 0.153. The van der Waals surface area contributed by atoms with Gasteiger partial charge in [-0.2, -0.15) is 10.1 Å². The molecule has 0 bridgehead atoms. The molecule has 0 unspecified atom stereocenters. The van der Waals surface area contributed by atoms with Crippen molar-refractivity contribution >= 4 is 22.8 Å². The summed E-state index contributed by atoms with van der Waals surface area (Å²) in [5, 5.41) is 5.15. The third-order valence-electron chi connectivity index (χ3n) is 5.21. The number of benzene rings is 1. The molecule has 4 rings (SSSR count). The third kappa shape index (κ3) is 3.72. The van der Waals surface area contributed by atoms with Gasteiger partial charge in [-0.3, -0.25) is 13.9 Å². The van der Waals surface area contributed by atoms with Gasteiger partial charge in [0.25, 0.3) is 5.56 Å². The lowest BCUT2D eigenvalue weighted by molar-refractivity contribution is 0.516. The van der Waals surface area contributed by atoms with Gasteiger partial charge in [-0.05, 0) is 43.5 Å². The molecule has 0 aliphatic carbocycles. The molecule has 0 spiro atoms. The van der Waals surface area contributed by atoms with Gasteiger partial charge in [0.2, 0.25) is 5.95 Å². The number of aryl methyl sites for hydroxylation is 3. The Morgan fingerprint density at radius 2 is 1.74 bits per heavy atom. The highest BCUT2D eigenvalue weighted by atomic mass is 35.5. The van der Waals surface area contributed by atoms with E-state index in [0.717, 1.165) is 17.0 Å². The molecule has 0 aliphatic heterocycles. The Morgan fingerprint density at radius 3 is 2.32 bits per heavy atom. The topological polar surface area (TPSA) is 79.6 Å². The second-order valence-electron chi connectivity index (χ2n) is 8.29. The highest BCUT2D eigenvalue weighted by Gasteiger charge is 2.23. The number of fused-ring (bicyclic) bond motifs is 1. The summed E-state index contributed by atoms with van der Waals surface area (Å²) in [5.41, 5.74) is 2.55. The van der Waals surface area contributed by atoms with Crippen LogP contribution in [0.5, 0.6) is 0 Å². The van der Waals surface area contributed by atoms with Crippen molar-refractivity contribution in [2.24, 2.45) is 13.0 Å². The van der Waals surface area contributed by atoms with Gasteiger partial charge in [0.1, 0.15) is 0 Å². The van der Waals surface area contributed by atoms with Crippen molar-refractivity contribution in [3.63, 3.8) is 0 Å². The van der Waals surface area contributed by atoms with Crippen molar-refractivity contribution in [2.75, 3.05) is 0 Å². The molecular weight excluding hydrogens is 416 g/mol. The largest absolute Gasteiger partial charge is 0.332 e. The monoisotopic (exact) mass is 440 g/mol. The van der Waals surface area contributed by atoms with Crippen molar-refractivity contribution in [1.29, 1.82) is 0 Å². The fourth-order valence-corrected chi connectivity index (χ4v) is 3.93. The van der Waals surface area contributed by atoms with Crippen LogP contribution in [0, 0.1) is 19.8 Å². The lowest BCUT2D eigenvalue weighted by Crippen LogP contribution is -2.40. The van der Waals surface area contributed by atoms with Gasteiger partial charge in [-0.25, -0.2) is 9.48 Å². The molecule has 0 fully saturated rings. The molecule has 0 amide bonds. The minimum atomic E-state index is -0.415. The molecular formula is C22H25ClN6O2. The van der Waals surface area contributed by atoms with E-state index in [4.69, 9.17) is 11.6 Å². The van der Waals surface area contributed by atoms with Gasteiger partial charge in [0, 0.05) is 24.3 Å². The first-order chi connectivity index (χ1) is 14.7. The molecule has 4 aromatic rings. The van der Waals surface area contributed by atoms with Crippen LogP contribution in [0.2, 0.25) is 5.02 Å². The average Bonchev–Trinajstić information content (AvgIpc) is 3.24. The Hall–Kier alpha value is -3.13. The Kier molecular flexibility index (Phi) is 5.35. The first kappa shape index (κ1) is 21.1. The summed E-state index contributed by atoms with van der Waals surface area (Å²) < 4.78 is 6.28. The third-order valence-corrected chi connectivity index (χ3v) is 5.46. The van der Waals surface area contributed by atoms with E-state index >= 15 is 0 Å². The second-order valence-corrected chi connectivity index (χ2v) is 8.72. The fourth-order valence-electron chi connectivity index (χ4n) is 3.80. The quantitative estimate of drug-likeness (QED) is 0.477. The van der Waals surface area contributed by atoms with Gasteiger partial charge in [-0.1, -0.05) is 37.6 Å². The number of hydrogen-bond donors (Lipinski definition) is 0. The number of nitrogens with zero attached hydrogens (tertiary/aromatic N) is 6. The maximum absolute atomic E-state index is 13.5. The Morgan fingerprint density at radius 1 is 1.06 bits per heavy atom. The Labute approximate surface area is 184 Å². The van der Waals surface area contributed by atoms with Crippen LogP contribution in [0.4, 0.5) is 0 Å². The molecule has 3 heterocycles. The van der Waals surface area contributed by atoms with E-state index in [-0.39, 0.29) is 18.0 Å². The SMILES string of the molecule is Cc1cc(C)n(-c2nc3c(c(=O)n(Cc4ccc(Cl)cc4)c(=O)n3C)n2CC(C)C)n1. The summed E-state index contributed by atoms with van der Waals surface area (Å²) in [6.07, 6.45) is 0. The molecule has 0 atom stereocenters. The summed E-state index contributed by atoms with van der Waals surface area (Å²) in [6, 6.07) is 9.07. The first-order valence-electron chi connectivity index (χ1n) is 10.2. The van der Waals surface area contributed by atoms with Gasteiger partial charge in [-0.15, -0.1) is 0 Å². The molecule has 0 saturated heterocycles. The maximum atomic E-state index is 13.5. The van der Waals surface area contributed by atoms with Crippen LogP contribution >= 0.6 is 11.6 Å². The highest BCUT2D eigenvalue weighted by Crippen LogP contribution is 2.19. The van der Waals surface area contributed by atoms with Gasteiger partial charge >= 0.3 is 5.69 Å². The van der Waals surface area contributed by atoms with Crippen molar-refractivity contribution in [3.05, 3.63) is 73.1 Å². The molecule has 9 heteroatoms. The Balaban J connectivity index is 2.01. The summed E-state index contributed by atoms with van der Waals surface area (Å²) in [4.78, 5) is 31.3. The zero-order valence-corrected chi connectivity index (χ0v) is 19.0. The molecule has 0 N–H and O–H groups in total. The zero-order chi connectivity index (χ0) is 22.4. The lowest BCUT2D eigenvalue weighted by atomic mass is 10.2. The predicted molar refractivity (Wildman–Crippen MR) is 121 cm³/mol. The standard InChI is InChI=1S/C22H25ClN6O2/c1-13(2)11-27-18-19(24-21(27)29-15(4)10-14(3)25-29)26(5)22(31)28(20(18)30)12-16-6-8-17(23)9-7-16/h6-10,13H,11-12H2,1-5H3. The number of rotatable bonds is 5. The minimum Gasteiger partial charge on any atom is -0.302 e. The summed E-state index contributed by atoms with van der Waals surface area (Å²) in [6.45, 7) is 8.72. The van der Waals surface area contributed by atoms with Crippen LogP contribution in [0.3, 0.4) is 0 Å². The van der Waals surface area contributed by atoms with Gasteiger partial charge in [0.05, 0.1) is 12.2 Å². The van der Waals surface area contributed by atoms with E-state index in [2.05, 4.69) is 23.9 Å². The Bertz CT molecular complexity index is 1390. The second kappa shape index (κ2) is 7.85. The highest BCUT2D eigenvalue weighted by molar-refractivity contribution is 6.30. The van der Waals surface area contributed by atoms with Crippen LogP contribution in [-0.4, -0.2) is 28.5 Å². The first-order valence-corrected chi connectivity index (χ1v) is 10.5. The van der Waals surface area contributed by atoms with Crippen LogP contribution in [-0.2, 0) is 20.1 Å². The van der Waals surface area contributed by atoms with Crippen molar-refractivity contribution in [3.8, 4) is 5.95 Å². The summed E-state index contributed by atoms with van der Waals surface area (Å²) >= 11 is 5.97. The normalized spacial score (nSPS) is 11.7. The molecule has 1 aromatic carbocycles. The van der Waals surface area contributed by atoms with Gasteiger partial charge < -0.3 is 4.57 Å². The van der Waals surface area contributed by atoms with Gasteiger partial charge in [0.15, 0.2) is 11.2 Å². The average molecular weight is 441 g/mol. The fraction of sp³-hybridized carbons (Fsp3) is 0.364. The molecule has 0 radical (unpaired) electrons. The van der Waals surface area contributed by atoms with E-state index < -0.39 is 5.69 Å². The number of halogens is 1. The summed E-state index contributed by atoms with van der Waals surface area (Å²) in [5.74, 6) is 0.792. The van der Waals surface area contributed by atoms with E-state index in [0.29, 0.717) is 28.7 Å². The van der Waals surface area contributed by atoms with Crippen molar-refractivity contribution in [2.45, 2.75) is 40.8 Å². The zero-order valence-electron chi connectivity index (χ0n) is 18.3. The predicted octanol–water partition coefficient (Wildman–Crippen LogP) is 3.06.